The highest BCUT2D eigenvalue weighted by molar-refractivity contribution is 8.00. The van der Waals surface area contributed by atoms with Crippen LogP contribution >= 0.6 is 23.4 Å². The predicted molar refractivity (Wildman–Crippen MR) is 89.1 cm³/mol. The summed E-state index contributed by atoms with van der Waals surface area (Å²) in [6.07, 6.45) is -3.67. The van der Waals surface area contributed by atoms with E-state index in [4.69, 9.17) is 11.6 Å². The van der Waals surface area contributed by atoms with Gasteiger partial charge in [0.05, 0.1) is 15.8 Å². The maximum atomic E-state index is 13.0. The Morgan fingerprint density at radius 1 is 1.24 bits per heavy atom. The molecule has 0 amide bonds. The molecule has 0 aliphatic rings. The molecular weight excluding hydrogens is 375 g/mol. The molecule has 0 fully saturated rings. The van der Waals surface area contributed by atoms with Crippen LogP contribution in [0.1, 0.15) is 22.8 Å². The molecule has 0 aliphatic heterocycles. The third-order valence-corrected chi connectivity index (χ3v) is 4.80. The van der Waals surface area contributed by atoms with Crippen molar-refractivity contribution < 1.29 is 18.0 Å². The van der Waals surface area contributed by atoms with E-state index in [1.807, 2.05) is 0 Å². The Balaban J connectivity index is 1.94. The average molecular weight is 386 g/mol. The molecule has 0 bridgehead atoms. The van der Waals surface area contributed by atoms with Crippen LogP contribution in [0.15, 0.2) is 47.8 Å². The van der Waals surface area contributed by atoms with Crippen molar-refractivity contribution >= 4 is 34.8 Å². The SMILES string of the molecule is CC(Sc1nnc2c(Cl)cc(C(F)(F)F)cn12)C(=O)c1ccccc1. The quantitative estimate of drug-likeness (QED) is 0.479. The molecule has 0 saturated carbocycles. The Morgan fingerprint density at radius 2 is 1.92 bits per heavy atom. The van der Waals surface area contributed by atoms with Crippen LogP contribution in [0.4, 0.5) is 13.2 Å². The van der Waals surface area contributed by atoms with Crippen molar-refractivity contribution in [3.8, 4) is 0 Å². The number of pyridine rings is 1. The predicted octanol–water partition coefficient (Wildman–Crippen LogP) is 4.77. The number of hydrogen-bond acceptors (Lipinski definition) is 4. The first-order valence-corrected chi connectivity index (χ1v) is 8.40. The highest BCUT2D eigenvalue weighted by atomic mass is 35.5. The zero-order chi connectivity index (χ0) is 18.2. The van der Waals surface area contributed by atoms with Crippen LogP contribution in [-0.2, 0) is 6.18 Å². The molecule has 9 heteroatoms. The molecule has 3 rings (SSSR count). The van der Waals surface area contributed by atoms with Crippen LogP contribution in [0.25, 0.3) is 5.65 Å². The number of fused-ring (bicyclic) bond motifs is 1. The van der Waals surface area contributed by atoms with Gasteiger partial charge in [0, 0.05) is 11.8 Å². The van der Waals surface area contributed by atoms with Gasteiger partial charge in [0.1, 0.15) is 0 Å². The Kier molecular flexibility index (Phi) is 4.75. The highest BCUT2D eigenvalue weighted by Gasteiger charge is 2.32. The van der Waals surface area contributed by atoms with Crippen molar-refractivity contribution in [3.63, 3.8) is 0 Å². The van der Waals surface area contributed by atoms with Crippen molar-refractivity contribution in [3.05, 3.63) is 58.7 Å². The van der Waals surface area contributed by atoms with E-state index in [1.54, 1.807) is 37.3 Å². The number of carbonyl (C=O) groups excluding carboxylic acids is 1. The van der Waals surface area contributed by atoms with Crippen molar-refractivity contribution in [1.82, 2.24) is 14.6 Å². The van der Waals surface area contributed by atoms with Gasteiger partial charge in [-0.15, -0.1) is 10.2 Å². The van der Waals surface area contributed by atoms with Gasteiger partial charge in [0.2, 0.25) is 0 Å². The Bertz CT molecular complexity index is 928. The number of rotatable bonds is 4. The minimum Gasteiger partial charge on any atom is -0.293 e. The second-order valence-corrected chi connectivity index (χ2v) is 6.96. The van der Waals surface area contributed by atoms with E-state index in [9.17, 15) is 18.0 Å². The molecule has 1 aromatic carbocycles. The molecule has 0 aliphatic carbocycles. The topological polar surface area (TPSA) is 47.3 Å². The Hall–Kier alpha value is -2.06. The van der Waals surface area contributed by atoms with Gasteiger partial charge in [0.25, 0.3) is 0 Å². The summed E-state index contributed by atoms with van der Waals surface area (Å²) in [5, 5.41) is 7.13. The number of nitrogens with zero attached hydrogens (tertiary/aromatic N) is 3. The normalized spacial score (nSPS) is 13.2. The molecule has 1 atom stereocenters. The number of carbonyl (C=O) groups is 1. The smallest absolute Gasteiger partial charge is 0.293 e. The number of ketones is 1. The monoisotopic (exact) mass is 385 g/mol. The van der Waals surface area contributed by atoms with E-state index in [-0.39, 0.29) is 21.6 Å². The lowest BCUT2D eigenvalue weighted by atomic mass is 10.1. The van der Waals surface area contributed by atoms with Crippen LogP contribution in [0.5, 0.6) is 0 Å². The van der Waals surface area contributed by atoms with E-state index in [1.165, 1.54) is 0 Å². The van der Waals surface area contributed by atoms with E-state index in [0.29, 0.717) is 5.56 Å². The molecule has 1 unspecified atom stereocenters. The summed E-state index contributed by atoms with van der Waals surface area (Å²) in [7, 11) is 0. The number of Topliss-reactive ketones (excluding diaryl/α,β-unsaturated/α-hetero) is 1. The average Bonchev–Trinajstić information content (AvgIpc) is 2.97. The third-order valence-electron chi connectivity index (χ3n) is 3.47. The molecule has 130 valence electrons. The number of aromatic nitrogens is 3. The number of benzene rings is 1. The van der Waals surface area contributed by atoms with Crippen LogP contribution in [0.2, 0.25) is 5.02 Å². The molecule has 25 heavy (non-hydrogen) atoms. The van der Waals surface area contributed by atoms with E-state index < -0.39 is 17.0 Å². The number of thioether (sulfide) groups is 1. The van der Waals surface area contributed by atoms with E-state index in [2.05, 4.69) is 10.2 Å². The summed E-state index contributed by atoms with van der Waals surface area (Å²) in [5.74, 6) is -0.152. The largest absolute Gasteiger partial charge is 0.417 e. The standard InChI is InChI=1S/C16H11ClF3N3OS/c1-9(13(24)10-5-3-2-4-6-10)25-15-22-21-14-12(17)7-11(8-23(14)15)16(18,19)20/h2-9H,1H3. The van der Waals surface area contributed by atoms with Gasteiger partial charge in [0.15, 0.2) is 16.6 Å². The summed E-state index contributed by atoms with van der Waals surface area (Å²) in [5.41, 5.74) is -0.282. The molecule has 4 nitrogen and oxygen atoms in total. The summed E-state index contributed by atoms with van der Waals surface area (Å²) < 4.78 is 40.1. The zero-order valence-corrected chi connectivity index (χ0v) is 14.4. The molecule has 0 saturated heterocycles. The van der Waals surface area contributed by atoms with Gasteiger partial charge in [-0.25, -0.2) is 0 Å². The summed E-state index contributed by atoms with van der Waals surface area (Å²) >= 11 is 6.90. The van der Waals surface area contributed by atoms with Gasteiger partial charge in [-0.1, -0.05) is 53.7 Å². The highest BCUT2D eigenvalue weighted by Crippen LogP contribution is 2.34. The minimum atomic E-state index is -4.55. The first-order chi connectivity index (χ1) is 11.8. The molecular formula is C16H11ClF3N3OS. The van der Waals surface area contributed by atoms with E-state index >= 15 is 0 Å². The Labute approximate surface area is 150 Å². The molecule has 3 aromatic rings. The first-order valence-electron chi connectivity index (χ1n) is 7.15. The summed E-state index contributed by atoms with van der Waals surface area (Å²) in [6.45, 7) is 1.66. The van der Waals surface area contributed by atoms with Gasteiger partial charge in [-0.05, 0) is 13.0 Å². The lowest BCUT2D eigenvalue weighted by molar-refractivity contribution is -0.137. The molecule has 2 aromatic heterocycles. The van der Waals surface area contributed by atoms with Crippen molar-refractivity contribution in [2.75, 3.05) is 0 Å². The van der Waals surface area contributed by atoms with Crippen molar-refractivity contribution in [2.45, 2.75) is 23.5 Å². The Morgan fingerprint density at radius 3 is 2.56 bits per heavy atom. The van der Waals surface area contributed by atoms with Crippen LogP contribution < -0.4 is 0 Å². The fraction of sp³-hybridized carbons (Fsp3) is 0.188. The summed E-state index contributed by atoms with van der Waals surface area (Å²) in [4.78, 5) is 12.4. The lowest BCUT2D eigenvalue weighted by Gasteiger charge is -2.11. The fourth-order valence-electron chi connectivity index (χ4n) is 2.22. The molecule has 2 heterocycles. The van der Waals surface area contributed by atoms with Gasteiger partial charge >= 0.3 is 6.18 Å². The second-order valence-electron chi connectivity index (χ2n) is 5.24. The molecule has 0 spiro atoms. The maximum absolute atomic E-state index is 13.0. The van der Waals surface area contributed by atoms with Crippen LogP contribution in [-0.4, -0.2) is 25.6 Å². The third kappa shape index (κ3) is 3.64. The van der Waals surface area contributed by atoms with Crippen LogP contribution in [0.3, 0.4) is 0 Å². The van der Waals surface area contributed by atoms with Gasteiger partial charge < -0.3 is 0 Å². The lowest BCUT2D eigenvalue weighted by Crippen LogP contribution is -2.14. The maximum Gasteiger partial charge on any atom is 0.417 e. The van der Waals surface area contributed by atoms with Crippen LogP contribution in [0, 0.1) is 0 Å². The van der Waals surface area contributed by atoms with Crippen molar-refractivity contribution in [1.29, 1.82) is 0 Å². The van der Waals surface area contributed by atoms with E-state index in [0.717, 1.165) is 28.4 Å². The van der Waals surface area contributed by atoms with Gasteiger partial charge in [-0.3, -0.25) is 9.20 Å². The fourth-order valence-corrected chi connectivity index (χ4v) is 3.36. The number of alkyl halides is 3. The summed E-state index contributed by atoms with van der Waals surface area (Å²) in [6, 6.07) is 9.44. The molecule has 0 N–H and O–H groups in total. The second kappa shape index (κ2) is 6.68. The number of hydrogen-bond donors (Lipinski definition) is 0. The number of halogens is 4. The first kappa shape index (κ1) is 17.8. The van der Waals surface area contributed by atoms with Gasteiger partial charge in [-0.2, -0.15) is 13.2 Å². The zero-order valence-electron chi connectivity index (χ0n) is 12.8. The minimum absolute atomic E-state index is 0.108. The van der Waals surface area contributed by atoms with Crippen molar-refractivity contribution in [2.24, 2.45) is 0 Å². The molecule has 0 radical (unpaired) electrons.